The number of nitrogens with one attached hydrogen (secondary N) is 1. The summed E-state index contributed by atoms with van der Waals surface area (Å²) in [6, 6.07) is 12.6. The second-order valence-corrected chi connectivity index (χ2v) is 7.03. The van der Waals surface area contributed by atoms with Crippen LogP contribution in [0, 0.1) is 0 Å². The molecule has 0 aromatic heterocycles. The smallest absolute Gasteiger partial charge is 0.416 e. The van der Waals surface area contributed by atoms with E-state index in [1.165, 1.54) is 12.1 Å². The lowest BCUT2D eigenvalue weighted by molar-refractivity contribution is -0.137. The van der Waals surface area contributed by atoms with Gasteiger partial charge in [0, 0.05) is 38.4 Å². The van der Waals surface area contributed by atoms with E-state index in [9.17, 15) is 18.0 Å². The zero-order valence-electron chi connectivity index (χ0n) is 16.2. The maximum Gasteiger partial charge on any atom is 0.416 e. The van der Waals surface area contributed by atoms with Crippen LogP contribution in [0.2, 0.25) is 0 Å². The fraction of sp³-hybridized carbons (Fsp3) is 0.381. The van der Waals surface area contributed by atoms with Crippen molar-refractivity contribution in [2.75, 3.05) is 45.2 Å². The van der Waals surface area contributed by atoms with Crippen molar-refractivity contribution in [1.82, 2.24) is 9.80 Å². The number of hydrogen-bond acceptors (Lipinski definition) is 4. The van der Waals surface area contributed by atoms with Crippen LogP contribution in [0.25, 0.3) is 0 Å². The predicted molar refractivity (Wildman–Crippen MR) is 105 cm³/mol. The number of nitrogens with zero attached hydrogens (tertiary/aromatic N) is 2. The van der Waals surface area contributed by atoms with Gasteiger partial charge in [0.15, 0.2) is 0 Å². The number of methoxy groups -OCH3 is 1. The Hall–Kier alpha value is -2.58. The number of amides is 1. The van der Waals surface area contributed by atoms with Gasteiger partial charge in [-0.15, -0.1) is 0 Å². The van der Waals surface area contributed by atoms with Crippen molar-refractivity contribution in [2.24, 2.45) is 0 Å². The maximum atomic E-state index is 12.8. The molecule has 0 spiro atoms. The van der Waals surface area contributed by atoms with Crippen molar-refractivity contribution in [2.45, 2.75) is 12.7 Å². The van der Waals surface area contributed by atoms with Crippen molar-refractivity contribution in [3.05, 3.63) is 59.7 Å². The Morgan fingerprint density at radius 2 is 1.69 bits per heavy atom. The van der Waals surface area contributed by atoms with E-state index in [1.54, 1.807) is 37.4 Å². The number of alkyl halides is 3. The number of ether oxygens (including phenoxy) is 1. The van der Waals surface area contributed by atoms with Crippen molar-refractivity contribution in [3.8, 4) is 5.75 Å². The summed E-state index contributed by atoms with van der Waals surface area (Å²) in [7, 11) is 1.58. The summed E-state index contributed by atoms with van der Waals surface area (Å²) in [4.78, 5) is 16.4. The van der Waals surface area contributed by atoms with Gasteiger partial charge in [-0.2, -0.15) is 13.2 Å². The number of halogens is 3. The number of carbonyl (C=O) groups is 1. The SMILES string of the molecule is COc1ccc(NC(=O)CN2CCN(Cc3cccc(C(F)(F)F)c3)CC2)cc1. The Kier molecular flexibility index (Phi) is 6.76. The van der Waals surface area contributed by atoms with E-state index >= 15 is 0 Å². The van der Waals surface area contributed by atoms with Crippen LogP contribution in [0.5, 0.6) is 5.75 Å². The molecule has 1 heterocycles. The van der Waals surface area contributed by atoms with Crippen molar-refractivity contribution < 1.29 is 22.7 Å². The second kappa shape index (κ2) is 9.28. The lowest BCUT2D eigenvalue weighted by Crippen LogP contribution is -2.48. The zero-order chi connectivity index (χ0) is 20.9. The first-order valence-electron chi connectivity index (χ1n) is 9.38. The van der Waals surface area contributed by atoms with Gasteiger partial charge in [0.1, 0.15) is 5.75 Å². The summed E-state index contributed by atoms with van der Waals surface area (Å²) in [6.07, 6.45) is -4.33. The van der Waals surface area contributed by atoms with Gasteiger partial charge in [-0.3, -0.25) is 14.6 Å². The molecule has 1 N–H and O–H groups in total. The summed E-state index contributed by atoms with van der Waals surface area (Å²) in [6.45, 7) is 3.53. The van der Waals surface area contributed by atoms with E-state index in [4.69, 9.17) is 4.74 Å². The average molecular weight is 407 g/mol. The number of piperazine rings is 1. The molecule has 1 aliphatic heterocycles. The third-order valence-electron chi connectivity index (χ3n) is 4.87. The van der Waals surface area contributed by atoms with Gasteiger partial charge in [-0.25, -0.2) is 0 Å². The van der Waals surface area contributed by atoms with Crippen LogP contribution in [-0.4, -0.2) is 55.5 Å². The highest BCUT2D eigenvalue weighted by Gasteiger charge is 2.30. The second-order valence-electron chi connectivity index (χ2n) is 7.03. The molecule has 8 heteroatoms. The summed E-state index contributed by atoms with van der Waals surface area (Å²) in [5.41, 5.74) is 0.730. The third kappa shape index (κ3) is 6.20. The van der Waals surface area contributed by atoms with Gasteiger partial charge in [0.2, 0.25) is 5.91 Å². The Labute approximate surface area is 168 Å². The standard InChI is InChI=1S/C21H24F3N3O2/c1-29-19-7-5-18(6-8-19)25-20(28)15-27-11-9-26(10-12-27)14-16-3-2-4-17(13-16)21(22,23)24/h2-8,13H,9-12,14-15H2,1H3,(H,25,28). The molecule has 0 unspecified atom stereocenters. The van der Waals surface area contributed by atoms with Gasteiger partial charge in [-0.05, 0) is 35.9 Å². The first-order valence-corrected chi connectivity index (χ1v) is 9.38. The Morgan fingerprint density at radius 3 is 2.31 bits per heavy atom. The van der Waals surface area contributed by atoms with Crippen molar-refractivity contribution >= 4 is 11.6 Å². The van der Waals surface area contributed by atoms with Crippen LogP contribution in [-0.2, 0) is 17.5 Å². The molecule has 1 saturated heterocycles. The van der Waals surface area contributed by atoms with Gasteiger partial charge in [-0.1, -0.05) is 18.2 Å². The quantitative estimate of drug-likeness (QED) is 0.797. The number of hydrogen-bond donors (Lipinski definition) is 1. The fourth-order valence-electron chi connectivity index (χ4n) is 3.29. The largest absolute Gasteiger partial charge is 0.497 e. The van der Waals surface area contributed by atoms with Crippen molar-refractivity contribution in [3.63, 3.8) is 0 Å². The number of anilines is 1. The van der Waals surface area contributed by atoms with Crippen LogP contribution >= 0.6 is 0 Å². The maximum absolute atomic E-state index is 12.8. The molecule has 2 aromatic rings. The number of carbonyl (C=O) groups excluding carboxylic acids is 1. The van der Waals surface area contributed by atoms with Gasteiger partial charge >= 0.3 is 6.18 Å². The van der Waals surface area contributed by atoms with E-state index in [1.807, 2.05) is 4.90 Å². The molecule has 3 rings (SSSR count). The van der Waals surface area contributed by atoms with Crippen LogP contribution < -0.4 is 10.1 Å². The molecule has 0 saturated carbocycles. The highest BCUT2D eigenvalue weighted by atomic mass is 19.4. The van der Waals surface area contributed by atoms with Crippen LogP contribution in [0.4, 0.5) is 18.9 Å². The predicted octanol–water partition coefficient (Wildman–Crippen LogP) is 3.47. The molecule has 156 valence electrons. The Balaban J connectivity index is 1.45. The molecule has 2 aromatic carbocycles. The van der Waals surface area contributed by atoms with E-state index in [0.717, 1.165) is 11.8 Å². The average Bonchev–Trinajstić information content (AvgIpc) is 2.69. The normalized spacial score (nSPS) is 15.9. The third-order valence-corrected chi connectivity index (χ3v) is 4.87. The van der Waals surface area contributed by atoms with Crippen molar-refractivity contribution in [1.29, 1.82) is 0 Å². The minimum absolute atomic E-state index is 0.0958. The summed E-state index contributed by atoms with van der Waals surface area (Å²) >= 11 is 0. The molecule has 29 heavy (non-hydrogen) atoms. The molecule has 0 aliphatic carbocycles. The van der Waals surface area contributed by atoms with Crippen LogP contribution in [0.15, 0.2) is 48.5 Å². The molecule has 1 fully saturated rings. The molecule has 1 aliphatic rings. The molecule has 0 atom stereocenters. The lowest BCUT2D eigenvalue weighted by Gasteiger charge is -2.34. The van der Waals surface area contributed by atoms with E-state index in [0.29, 0.717) is 44.0 Å². The summed E-state index contributed by atoms with van der Waals surface area (Å²) in [5.74, 6) is 0.626. The number of benzene rings is 2. The number of rotatable bonds is 6. The first-order chi connectivity index (χ1) is 13.8. The van der Waals surface area contributed by atoms with Crippen LogP contribution in [0.3, 0.4) is 0 Å². The monoisotopic (exact) mass is 407 g/mol. The fourth-order valence-corrected chi connectivity index (χ4v) is 3.29. The topological polar surface area (TPSA) is 44.8 Å². The van der Waals surface area contributed by atoms with Gasteiger partial charge < -0.3 is 10.1 Å². The summed E-state index contributed by atoms with van der Waals surface area (Å²) < 4.78 is 43.6. The molecule has 1 amide bonds. The summed E-state index contributed by atoms with van der Waals surface area (Å²) in [5, 5.41) is 2.86. The lowest BCUT2D eigenvalue weighted by atomic mass is 10.1. The molecule has 5 nitrogen and oxygen atoms in total. The highest BCUT2D eigenvalue weighted by Crippen LogP contribution is 2.29. The van der Waals surface area contributed by atoms with E-state index in [2.05, 4.69) is 10.2 Å². The van der Waals surface area contributed by atoms with E-state index in [-0.39, 0.29) is 12.5 Å². The molecule has 0 bridgehead atoms. The minimum atomic E-state index is -4.33. The van der Waals surface area contributed by atoms with Gasteiger partial charge in [0.05, 0.1) is 19.2 Å². The molecule has 0 radical (unpaired) electrons. The Morgan fingerprint density at radius 1 is 1.03 bits per heavy atom. The van der Waals surface area contributed by atoms with E-state index < -0.39 is 11.7 Å². The molecular weight excluding hydrogens is 383 g/mol. The van der Waals surface area contributed by atoms with Crippen LogP contribution in [0.1, 0.15) is 11.1 Å². The minimum Gasteiger partial charge on any atom is -0.497 e. The molecular formula is C21H24F3N3O2. The zero-order valence-corrected chi connectivity index (χ0v) is 16.2. The Bertz CT molecular complexity index is 817. The first kappa shape index (κ1) is 21.1. The highest BCUT2D eigenvalue weighted by molar-refractivity contribution is 5.92. The van der Waals surface area contributed by atoms with Gasteiger partial charge in [0.25, 0.3) is 0 Å².